The zero-order valence-electron chi connectivity index (χ0n) is 11.1. The summed E-state index contributed by atoms with van der Waals surface area (Å²) in [4.78, 5) is 13.7. The summed E-state index contributed by atoms with van der Waals surface area (Å²) >= 11 is 0. The standard InChI is InChI=1S/C15H16F2N2O/c16-15(17)6-9-18(10-7-15)14(20)11-19-8-5-12-3-1-2-4-13(12)19/h1-5,8H,6-7,9-11H2. The number of fused-ring (bicyclic) bond motifs is 1. The van der Waals surface area contributed by atoms with Crippen molar-refractivity contribution in [1.82, 2.24) is 9.47 Å². The highest BCUT2D eigenvalue weighted by molar-refractivity contribution is 5.83. The Hall–Kier alpha value is -1.91. The first-order valence-electron chi connectivity index (χ1n) is 6.75. The molecule has 3 rings (SSSR count). The molecule has 5 heteroatoms. The minimum Gasteiger partial charge on any atom is -0.341 e. The molecule has 0 bridgehead atoms. The van der Waals surface area contributed by atoms with E-state index < -0.39 is 5.92 Å². The Labute approximate surface area is 115 Å². The third kappa shape index (κ3) is 2.53. The van der Waals surface area contributed by atoms with E-state index in [0.717, 1.165) is 10.9 Å². The van der Waals surface area contributed by atoms with Gasteiger partial charge in [-0.25, -0.2) is 8.78 Å². The van der Waals surface area contributed by atoms with Crippen LogP contribution in [0.15, 0.2) is 36.5 Å². The number of alkyl halides is 2. The molecule has 0 atom stereocenters. The Balaban J connectivity index is 1.70. The van der Waals surface area contributed by atoms with Gasteiger partial charge in [-0.2, -0.15) is 0 Å². The van der Waals surface area contributed by atoms with Crippen molar-refractivity contribution >= 4 is 16.8 Å². The quantitative estimate of drug-likeness (QED) is 0.829. The van der Waals surface area contributed by atoms with Crippen molar-refractivity contribution in [3.63, 3.8) is 0 Å². The fraction of sp³-hybridized carbons (Fsp3) is 0.400. The molecule has 2 heterocycles. The number of carbonyl (C=O) groups excluding carboxylic acids is 1. The molecule has 106 valence electrons. The molecule has 1 fully saturated rings. The predicted molar refractivity (Wildman–Crippen MR) is 72.7 cm³/mol. The molecular formula is C15H16F2N2O. The lowest BCUT2D eigenvalue weighted by Crippen LogP contribution is -2.43. The van der Waals surface area contributed by atoms with Crippen LogP contribution in [0.2, 0.25) is 0 Å². The third-order valence-electron chi connectivity index (χ3n) is 3.83. The Morgan fingerprint density at radius 3 is 2.60 bits per heavy atom. The van der Waals surface area contributed by atoms with Crippen molar-refractivity contribution in [2.24, 2.45) is 0 Å². The third-order valence-corrected chi connectivity index (χ3v) is 3.83. The number of rotatable bonds is 2. The van der Waals surface area contributed by atoms with Crippen LogP contribution in [0.4, 0.5) is 8.78 Å². The fourth-order valence-electron chi connectivity index (χ4n) is 2.61. The van der Waals surface area contributed by atoms with Gasteiger partial charge >= 0.3 is 0 Å². The molecule has 1 aliphatic heterocycles. The molecule has 0 spiro atoms. The number of carbonyl (C=O) groups is 1. The highest BCUT2D eigenvalue weighted by Crippen LogP contribution is 2.27. The van der Waals surface area contributed by atoms with Crippen molar-refractivity contribution in [1.29, 1.82) is 0 Å². The normalized spacial score (nSPS) is 18.4. The van der Waals surface area contributed by atoms with Gasteiger partial charge in [0.2, 0.25) is 5.91 Å². The molecule has 0 unspecified atom stereocenters. The average molecular weight is 278 g/mol. The molecule has 0 saturated carbocycles. The van der Waals surface area contributed by atoms with E-state index >= 15 is 0 Å². The van der Waals surface area contributed by atoms with Crippen LogP contribution < -0.4 is 0 Å². The summed E-state index contributed by atoms with van der Waals surface area (Å²) in [6.07, 6.45) is 1.40. The van der Waals surface area contributed by atoms with E-state index in [1.54, 1.807) is 0 Å². The monoisotopic (exact) mass is 278 g/mol. The van der Waals surface area contributed by atoms with Gasteiger partial charge in [-0.1, -0.05) is 18.2 Å². The first-order valence-corrected chi connectivity index (χ1v) is 6.75. The highest BCUT2D eigenvalue weighted by Gasteiger charge is 2.35. The first-order chi connectivity index (χ1) is 9.55. The number of likely N-dealkylation sites (tertiary alicyclic amines) is 1. The Kier molecular flexibility index (Phi) is 3.20. The molecule has 1 aromatic carbocycles. The summed E-state index contributed by atoms with van der Waals surface area (Å²) in [6, 6.07) is 9.75. The molecule has 3 nitrogen and oxygen atoms in total. The van der Waals surface area contributed by atoms with Crippen molar-refractivity contribution in [3.8, 4) is 0 Å². The first kappa shape index (κ1) is 13.1. The van der Waals surface area contributed by atoms with Crippen LogP contribution in [0, 0.1) is 0 Å². The number of halogens is 2. The lowest BCUT2D eigenvalue weighted by Gasteiger charge is -2.31. The van der Waals surface area contributed by atoms with E-state index in [9.17, 15) is 13.6 Å². The van der Waals surface area contributed by atoms with Crippen molar-refractivity contribution < 1.29 is 13.6 Å². The van der Waals surface area contributed by atoms with Crippen LogP contribution in [-0.4, -0.2) is 34.4 Å². The maximum absolute atomic E-state index is 13.1. The van der Waals surface area contributed by atoms with Crippen LogP contribution in [-0.2, 0) is 11.3 Å². The van der Waals surface area contributed by atoms with Crippen LogP contribution in [0.3, 0.4) is 0 Å². The van der Waals surface area contributed by atoms with Crippen LogP contribution >= 0.6 is 0 Å². The molecule has 1 amide bonds. The SMILES string of the molecule is O=C(Cn1ccc2ccccc21)N1CCC(F)(F)CC1. The molecule has 1 aliphatic rings. The molecule has 0 radical (unpaired) electrons. The van der Waals surface area contributed by atoms with Gasteiger partial charge in [-0.3, -0.25) is 4.79 Å². The number of para-hydroxylation sites is 1. The summed E-state index contributed by atoms with van der Waals surface area (Å²) in [5.41, 5.74) is 0.989. The lowest BCUT2D eigenvalue weighted by molar-refractivity contribution is -0.137. The van der Waals surface area contributed by atoms with Crippen LogP contribution in [0.1, 0.15) is 12.8 Å². The van der Waals surface area contributed by atoms with E-state index in [-0.39, 0.29) is 38.4 Å². The van der Waals surface area contributed by atoms with Crippen molar-refractivity contribution in [3.05, 3.63) is 36.5 Å². The second-order valence-corrected chi connectivity index (χ2v) is 5.24. The van der Waals surface area contributed by atoms with Gasteiger partial charge in [-0.05, 0) is 17.5 Å². The lowest BCUT2D eigenvalue weighted by atomic mass is 10.1. The van der Waals surface area contributed by atoms with Crippen LogP contribution in [0.5, 0.6) is 0 Å². The number of benzene rings is 1. The van der Waals surface area contributed by atoms with Gasteiger partial charge in [0.15, 0.2) is 0 Å². The number of piperidine rings is 1. The number of hydrogen-bond donors (Lipinski definition) is 0. The fourth-order valence-corrected chi connectivity index (χ4v) is 2.61. The van der Waals surface area contributed by atoms with E-state index in [2.05, 4.69) is 0 Å². The van der Waals surface area contributed by atoms with E-state index in [0.29, 0.717) is 0 Å². The van der Waals surface area contributed by atoms with Gasteiger partial charge in [0.1, 0.15) is 6.54 Å². The van der Waals surface area contributed by atoms with Crippen LogP contribution in [0.25, 0.3) is 10.9 Å². The Morgan fingerprint density at radius 2 is 1.85 bits per heavy atom. The number of hydrogen-bond acceptors (Lipinski definition) is 1. The van der Waals surface area contributed by atoms with E-state index in [1.807, 2.05) is 41.1 Å². The number of aromatic nitrogens is 1. The Bertz CT molecular complexity index is 626. The van der Waals surface area contributed by atoms with Gasteiger partial charge in [0.25, 0.3) is 5.92 Å². The molecule has 0 N–H and O–H groups in total. The Morgan fingerprint density at radius 1 is 1.15 bits per heavy atom. The maximum Gasteiger partial charge on any atom is 0.251 e. The zero-order chi connectivity index (χ0) is 14.2. The molecule has 2 aromatic rings. The average Bonchev–Trinajstić information content (AvgIpc) is 2.82. The second kappa shape index (κ2) is 4.89. The topological polar surface area (TPSA) is 25.2 Å². The van der Waals surface area contributed by atoms with Gasteiger partial charge < -0.3 is 9.47 Å². The second-order valence-electron chi connectivity index (χ2n) is 5.24. The molecule has 20 heavy (non-hydrogen) atoms. The molecular weight excluding hydrogens is 262 g/mol. The summed E-state index contributed by atoms with van der Waals surface area (Å²) < 4.78 is 28.0. The molecule has 1 saturated heterocycles. The molecule has 0 aliphatic carbocycles. The highest BCUT2D eigenvalue weighted by atomic mass is 19.3. The van der Waals surface area contributed by atoms with Gasteiger partial charge in [-0.15, -0.1) is 0 Å². The largest absolute Gasteiger partial charge is 0.341 e. The summed E-state index contributed by atoms with van der Waals surface area (Å²) in [6.45, 7) is 0.495. The maximum atomic E-state index is 13.1. The van der Waals surface area contributed by atoms with Gasteiger partial charge in [0.05, 0.1) is 0 Å². The predicted octanol–water partition coefficient (Wildman–Crippen LogP) is 2.90. The number of nitrogens with zero attached hydrogens (tertiary/aromatic N) is 2. The van der Waals surface area contributed by atoms with Gasteiger partial charge in [0, 0.05) is 37.6 Å². The summed E-state index contributed by atoms with van der Waals surface area (Å²) in [5, 5.41) is 1.07. The zero-order valence-corrected chi connectivity index (χ0v) is 11.1. The van der Waals surface area contributed by atoms with E-state index in [4.69, 9.17) is 0 Å². The summed E-state index contributed by atoms with van der Waals surface area (Å²) in [5.74, 6) is -2.71. The minimum absolute atomic E-state index is 0.0955. The smallest absolute Gasteiger partial charge is 0.251 e. The van der Waals surface area contributed by atoms with E-state index in [1.165, 1.54) is 4.90 Å². The summed E-state index contributed by atoms with van der Waals surface area (Å²) in [7, 11) is 0. The minimum atomic E-state index is -2.61. The number of amides is 1. The van der Waals surface area contributed by atoms with Crippen molar-refractivity contribution in [2.75, 3.05) is 13.1 Å². The van der Waals surface area contributed by atoms with Crippen molar-refractivity contribution in [2.45, 2.75) is 25.3 Å². The molecule has 1 aromatic heterocycles.